The van der Waals surface area contributed by atoms with Crippen LogP contribution in [0.4, 0.5) is 0 Å². The molecule has 1 unspecified atom stereocenters. The third-order valence-electron chi connectivity index (χ3n) is 4.29. The summed E-state index contributed by atoms with van der Waals surface area (Å²) in [5, 5.41) is 3.04. The van der Waals surface area contributed by atoms with Crippen LogP contribution >= 0.6 is 0 Å². The Kier molecular flexibility index (Phi) is 5.69. The summed E-state index contributed by atoms with van der Waals surface area (Å²) in [6.45, 7) is 4.58. The molecule has 3 aromatic rings. The highest BCUT2D eigenvalue weighted by molar-refractivity contribution is 5.94. The van der Waals surface area contributed by atoms with E-state index >= 15 is 0 Å². The van der Waals surface area contributed by atoms with Crippen LogP contribution in [0.2, 0.25) is 0 Å². The van der Waals surface area contributed by atoms with Gasteiger partial charge in [-0.1, -0.05) is 54.6 Å². The maximum atomic E-state index is 12.5. The van der Waals surface area contributed by atoms with Crippen molar-refractivity contribution in [1.29, 1.82) is 0 Å². The van der Waals surface area contributed by atoms with Gasteiger partial charge in [0.2, 0.25) is 0 Å². The number of rotatable bonds is 6. The Hall–Kier alpha value is -3.07. The van der Waals surface area contributed by atoms with E-state index in [1.54, 1.807) is 0 Å². The number of nitrogens with one attached hydrogen (secondary N) is 1. The molecule has 3 aromatic carbocycles. The zero-order chi connectivity index (χ0) is 18.4. The standard InChI is InChI=1S/C23H23NO2/c1-3-26-22-15-13-18(14-16-22)17(2)24-23(25)21-11-9-20(10-12-21)19-7-5-4-6-8-19/h4-17H,3H2,1-2H3,(H,24,25). The average molecular weight is 345 g/mol. The molecule has 1 N–H and O–H groups in total. The topological polar surface area (TPSA) is 38.3 Å². The Bertz CT molecular complexity index is 840. The van der Waals surface area contributed by atoms with Gasteiger partial charge in [0.25, 0.3) is 5.91 Å². The molecule has 1 atom stereocenters. The van der Waals surface area contributed by atoms with Crippen molar-refractivity contribution in [2.45, 2.75) is 19.9 Å². The smallest absolute Gasteiger partial charge is 0.251 e. The molecule has 0 aromatic heterocycles. The van der Waals surface area contributed by atoms with Gasteiger partial charge in [0, 0.05) is 5.56 Å². The van der Waals surface area contributed by atoms with E-state index in [1.807, 2.05) is 80.6 Å². The van der Waals surface area contributed by atoms with E-state index in [4.69, 9.17) is 4.74 Å². The van der Waals surface area contributed by atoms with Crippen molar-refractivity contribution in [1.82, 2.24) is 5.32 Å². The van der Waals surface area contributed by atoms with Crippen LogP contribution in [0.25, 0.3) is 11.1 Å². The maximum Gasteiger partial charge on any atom is 0.251 e. The summed E-state index contributed by atoms with van der Waals surface area (Å²) in [5.74, 6) is 0.761. The van der Waals surface area contributed by atoms with Gasteiger partial charge in [0.05, 0.1) is 12.6 Å². The third kappa shape index (κ3) is 4.31. The summed E-state index contributed by atoms with van der Waals surface area (Å²) < 4.78 is 5.45. The van der Waals surface area contributed by atoms with Crippen molar-refractivity contribution in [3.63, 3.8) is 0 Å². The molecule has 0 bridgehead atoms. The fourth-order valence-electron chi connectivity index (χ4n) is 2.83. The van der Waals surface area contributed by atoms with Crippen LogP contribution in [0.5, 0.6) is 5.75 Å². The third-order valence-corrected chi connectivity index (χ3v) is 4.29. The van der Waals surface area contributed by atoms with Gasteiger partial charge in [-0.2, -0.15) is 0 Å². The quantitative estimate of drug-likeness (QED) is 0.663. The summed E-state index contributed by atoms with van der Waals surface area (Å²) in [7, 11) is 0. The van der Waals surface area contributed by atoms with Crippen molar-refractivity contribution in [2.75, 3.05) is 6.61 Å². The van der Waals surface area contributed by atoms with Gasteiger partial charge >= 0.3 is 0 Å². The van der Waals surface area contributed by atoms with Crippen LogP contribution in [0.15, 0.2) is 78.9 Å². The zero-order valence-electron chi connectivity index (χ0n) is 15.1. The predicted octanol–water partition coefficient (Wildman–Crippen LogP) is 5.24. The van der Waals surface area contributed by atoms with E-state index in [-0.39, 0.29) is 11.9 Å². The van der Waals surface area contributed by atoms with Crippen molar-refractivity contribution < 1.29 is 9.53 Å². The number of ether oxygens (including phenoxy) is 1. The minimum absolute atomic E-state index is 0.0769. The first-order valence-electron chi connectivity index (χ1n) is 8.86. The van der Waals surface area contributed by atoms with E-state index in [2.05, 4.69) is 17.4 Å². The molecule has 3 nitrogen and oxygen atoms in total. The Morgan fingerprint density at radius 2 is 1.50 bits per heavy atom. The monoisotopic (exact) mass is 345 g/mol. The second kappa shape index (κ2) is 8.34. The molecule has 0 radical (unpaired) electrons. The van der Waals surface area contributed by atoms with E-state index in [1.165, 1.54) is 0 Å². The molecule has 1 amide bonds. The lowest BCUT2D eigenvalue weighted by Gasteiger charge is -2.15. The van der Waals surface area contributed by atoms with Crippen LogP contribution in [0, 0.1) is 0 Å². The average Bonchev–Trinajstić information content (AvgIpc) is 2.69. The van der Waals surface area contributed by atoms with Crippen molar-refractivity contribution in [3.8, 4) is 16.9 Å². The number of hydrogen-bond donors (Lipinski definition) is 1. The van der Waals surface area contributed by atoms with Gasteiger partial charge in [-0.3, -0.25) is 4.79 Å². The Morgan fingerprint density at radius 3 is 2.12 bits per heavy atom. The summed E-state index contributed by atoms with van der Waals surface area (Å²) >= 11 is 0. The SMILES string of the molecule is CCOc1ccc(C(C)NC(=O)c2ccc(-c3ccccc3)cc2)cc1. The van der Waals surface area contributed by atoms with Gasteiger partial charge in [-0.25, -0.2) is 0 Å². The van der Waals surface area contributed by atoms with Crippen molar-refractivity contribution in [2.24, 2.45) is 0 Å². The molecule has 3 rings (SSSR count). The molecule has 0 spiro atoms. The molecule has 26 heavy (non-hydrogen) atoms. The van der Waals surface area contributed by atoms with Gasteiger partial charge in [0.1, 0.15) is 5.75 Å². The number of amides is 1. The number of carbonyl (C=O) groups excluding carboxylic acids is 1. The number of benzene rings is 3. The minimum Gasteiger partial charge on any atom is -0.494 e. The van der Waals surface area contributed by atoms with Crippen molar-refractivity contribution >= 4 is 5.91 Å². The van der Waals surface area contributed by atoms with E-state index in [0.717, 1.165) is 22.4 Å². The second-order valence-corrected chi connectivity index (χ2v) is 6.14. The lowest BCUT2D eigenvalue weighted by Crippen LogP contribution is -2.26. The molecule has 3 heteroatoms. The molecule has 0 fully saturated rings. The van der Waals surface area contributed by atoms with Gasteiger partial charge < -0.3 is 10.1 Å². The molecule has 0 saturated carbocycles. The fourth-order valence-corrected chi connectivity index (χ4v) is 2.83. The normalized spacial score (nSPS) is 11.6. The maximum absolute atomic E-state index is 12.5. The zero-order valence-corrected chi connectivity index (χ0v) is 15.1. The molecular formula is C23H23NO2. The Balaban J connectivity index is 1.65. The lowest BCUT2D eigenvalue weighted by molar-refractivity contribution is 0.0940. The number of hydrogen-bond acceptors (Lipinski definition) is 2. The summed E-state index contributed by atoms with van der Waals surface area (Å²) in [6, 6.07) is 25.5. The molecule has 0 saturated heterocycles. The first-order chi connectivity index (χ1) is 12.7. The summed E-state index contributed by atoms with van der Waals surface area (Å²) in [4.78, 5) is 12.5. The molecule has 0 aliphatic rings. The number of carbonyl (C=O) groups is 1. The van der Waals surface area contributed by atoms with Gasteiger partial charge in [0.15, 0.2) is 0 Å². The highest BCUT2D eigenvalue weighted by Gasteiger charge is 2.12. The van der Waals surface area contributed by atoms with Crippen LogP contribution in [0.3, 0.4) is 0 Å². The molecule has 0 heterocycles. The lowest BCUT2D eigenvalue weighted by atomic mass is 10.0. The van der Waals surface area contributed by atoms with E-state index < -0.39 is 0 Å². The van der Waals surface area contributed by atoms with Crippen LogP contribution in [-0.4, -0.2) is 12.5 Å². The molecule has 0 aliphatic carbocycles. The first-order valence-corrected chi connectivity index (χ1v) is 8.86. The van der Waals surface area contributed by atoms with E-state index in [0.29, 0.717) is 12.2 Å². The molecule has 0 aliphatic heterocycles. The largest absolute Gasteiger partial charge is 0.494 e. The van der Waals surface area contributed by atoms with Crippen LogP contribution in [0.1, 0.15) is 35.8 Å². The fraction of sp³-hybridized carbons (Fsp3) is 0.174. The second-order valence-electron chi connectivity index (χ2n) is 6.14. The minimum atomic E-state index is -0.0778. The van der Waals surface area contributed by atoms with Gasteiger partial charge in [-0.15, -0.1) is 0 Å². The highest BCUT2D eigenvalue weighted by atomic mass is 16.5. The predicted molar refractivity (Wildman–Crippen MR) is 105 cm³/mol. The molecular weight excluding hydrogens is 322 g/mol. The Labute approximate surface area is 154 Å². The van der Waals surface area contributed by atoms with Gasteiger partial charge in [-0.05, 0) is 54.8 Å². The molecule has 132 valence electrons. The van der Waals surface area contributed by atoms with E-state index in [9.17, 15) is 4.79 Å². The Morgan fingerprint density at radius 1 is 0.885 bits per heavy atom. The van der Waals surface area contributed by atoms with Crippen LogP contribution < -0.4 is 10.1 Å². The van der Waals surface area contributed by atoms with Crippen molar-refractivity contribution in [3.05, 3.63) is 90.0 Å². The van der Waals surface area contributed by atoms with Crippen LogP contribution in [-0.2, 0) is 0 Å². The highest BCUT2D eigenvalue weighted by Crippen LogP contribution is 2.21. The summed E-state index contributed by atoms with van der Waals surface area (Å²) in [6.07, 6.45) is 0. The summed E-state index contributed by atoms with van der Waals surface area (Å²) in [5.41, 5.74) is 3.94. The first kappa shape index (κ1) is 17.7.